The zero-order valence-electron chi connectivity index (χ0n) is 12.0. The smallest absolute Gasteiger partial charge is 0.221 e. The van der Waals surface area contributed by atoms with Crippen LogP contribution in [-0.4, -0.2) is 34.2 Å². The maximum absolute atomic E-state index is 11.1. The summed E-state index contributed by atoms with van der Waals surface area (Å²) < 4.78 is 0. The Hall–Kier alpha value is -2.21. The molecule has 6 nitrogen and oxygen atoms in total. The van der Waals surface area contributed by atoms with Crippen molar-refractivity contribution in [3.05, 3.63) is 30.1 Å². The van der Waals surface area contributed by atoms with Gasteiger partial charge in [-0.15, -0.1) is 0 Å². The topological polar surface area (TPSA) is 82.7 Å². The third kappa shape index (κ3) is 3.28. The summed E-state index contributed by atoms with van der Waals surface area (Å²) in [6.45, 7) is 3.52. The van der Waals surface area contributed by atoms with Crippen molar-refractivity contribution in [2.45, 2.75) is 25.7 Å². The minimum Gasteiger partial charge on any atom is -0.326 e. The molecule has 2 heterocycles. The SMILES string of the molecule is CC(=O)Nc1cccc(-c2n[nH]c(C3CCCNC3)n2)c1. The molecule has 0 aliphatic carbocycles. The first-order valence-corrected chi connectivity index (χ1v) is 7.23. The maximum atomic E-state index is 11.1. The third-order valence-corrected chi connectivity index (χ3v) is 3.63. The van der Waals surface area contributed by atoms with E-state index in [2.05, 4.69) is 25.8 Å². The van der Waals surface area contributed by atoms with Crippen LogP contribution in [0.1, 0.15) is 31.5 Å². The molecule has 0 bridgehead atoms. The highest BCUT2D eigenvalue weighted by Crippen LogP contribution is 2.24. The number of carbonyl (C=O) groups is 1. The van der Waals surface area contributed by atoms with Gasteiger partial charge < -0.3 is 10.6 Å². The summed E-state index contributed by atoms with van der Waals surface area (Å²) in [7, 11) is 0. The number of aromatic nitrogens is 3. The van der Waals surface area contributed by atoms with E-state index in [1.807, 2.05) is 24.3 Å². The minimum absolute atomic E-state index is 0.0869. The second-order valence-corrected chi connectivity index (χ2v) is 5.35. The Morgan fingerprint density at radius 1 is 1.43 bits per heavy atom. The normalized spacial score (nSPS) is 18.4. The first-order valence-electron chi connectivity index (χ1n) is 7.23. The van der Waals surface area contributed by atoms with Crippen LogP contribution in [0.2, 0.25) is 0 Å². The molecule has 6 heteroatoms. The van der Waals surface area contributed by atoms with Gasteiger partial charge in [-0.3, -0.25) is 9.89 Å². The van der Waals surface area contributed by atoms with Gasteiger partial charge in [0, 0.05) is 30.6 Å². The Kier molecular flexibility index (Phi) is 3.96. The quantitative estimate of drug-likeness (QED) is 0.804. The van der Waals surface area contributed by atoms with Crippen LogP contribution in [0.25, 0.3) is 11.4 Å². The molecule has 21 heavy (non-hydrogen) atoms. The largest absolute Gasteiger partial charge is 0.326 e. The van der Waals surface area contributed by atoms with E-state index in [9.17, 15) is 4.79 Å². The Morgan fingerprint density at radius 3 is 3.10 bits per heavy atom. The highest BCUT2D eigenvalue weighted by Gasteiger charge is 2.19. The van der Waals surface area contributed by atoms with Gasteiger partial charge in [-0.2, -0.15) is 5.10 Å². The van der Waals surface area contributed by atoms with E-state index in [4.69, 9.17) is 0 Å². The molecular weight excluding hydrogens is 266 g/mol. The molecule has 1 unspecified atom stereocenters. The molecule has 1 aromatic carbocycles. The van der Waals surface area contributed by atoms with Gasteiger partial charge in [-0.1, -0.05) is 12.1 Å². The van der Waals surface area contributed by atoms with Crippen LogP contribution in [0.5, 0.6) is 0 Å². The van der Waals surface area contributed by atoms with Gasteiger partial charge >= 0.3 is 0 Å². The molecule has 3 rings (SSSR count). The molecule has 1 aromatic heterocycles. The molecule has 0 radical (unpaired) electrons. The van der Waals surface area contributed by atoms with Crippen molar-refractivity contribution in [1.29, 1.82) is 0 Å². The lowest BCUT2D eigenvalue weighted by molar-refractivity contribution is -0.114. The highest BCUT2D eigenvalue weighted by atomic mass is 16.1. The monoisotopic (exact) mass is 285 g/mol. The number of amides is 1. The molecule has 1 aliphatic rings. The molecule has 1 saturated heterocycles. The summed E-state index contributed by atoms with van der Waals surface area (Å²) in [6.07, 6.45) is 2.30. The van der Waals surface area contributed by atoms with Crippen LogP contribution in [0.3, 0.4) is 0 Å². The van der Waals surface area contributed by atoms with Gasteiger partial charge in [-0.05, 0) is 31.5 Å². The van der Waals surface area contributed by atoms with Crippen LogP contribution in [-0.2, 0) is 4.79 Å². The number of nitrogens with zero attached hydrogens (tertiary/aromatic N) is 2. The van der Waals surface area contributed by atoms with Crippen LogP contribution in [0.4, 0.5) is 5.69 Å². The summed E-state index contributed by atoms with van der Waals surface area (Å²) in [5, 5.41) is 13.5. The van der Waals surface area contributed by atoms with Crippen LogP contribution >= 0.6 is 0 Å². The van der Waals surface area contributed by atoms with Crippen molar-refractivity contribution in [3.8, 4) is 11.4 Å². The lowest BCUT2D eigenvalue weighted by Gasteiger charge is -2.20. The Balaban J connectivity index is 1.80. The summed E-state index contributed by atoms with van der Waals surface area (Å²) >= 11 is 0. The fourth-order valence-electron chi connectivity index (χ4n) is 2.61. The summed E-state index contributed by atoms with van der Waals surface area (Å²) in [5.41, 5.74) is 1.65. The fourth-order valence-corrected chi connectivity index (χ4v) is 2.61. The van der Waals surface area contributed by atoms with E-state index in [-0.39, 0.29) is 5.91 Å². The zero-order valence-corrected chi connectivity index (χ0v) is 12.0. The van der Waals surface area contributed by atoms with Gasteiger partial charge in [0.2, 0.25) is 5.91 Å². The summed E-state index contributed by atoms with van der Waals surface area (Å²) in [6, 6.07) is 7.56. The number of hydrogen-bond donors (Lipinski definition) is 3. The molecule has 2 aromatic rings. The number of piperidine rings is 1. The average Bonchev–Trinajstić information content (AvgIpc) is 2.98. The van der Waals surface area contributed by atoms with E-state index in [1.165, 1.54) is 13.3 Å². The third-order valence-electron chi connectivity index (χ3n) is 3.63. The number of benzene rings is 1. The second kappa shape index (κ2) is 6.05. The average molecular weight is 285 g/mol. The summed E-state index contributed by atoms with van der Waals surface area (Å²) in [5.74, 6) is 1.92. The van der Waals surface area contributed by atoms with E-state index in [0.29, 0.717) is 11.7 Å². The fraction of sp³-hybridized carbons (Fsp3) is 0.400. The van der Waals surface area contributed by atoms with Crippen molar-refractivity contribution in [2.24, 2.45) is 0 Å². The van der Waals surface area contributed by atoms with Gasteiger partial charge in [0.05, 0.1) is 0 Å². The van der Waals surface area contributed by atoms with Crippen molar-refractivity contribution in [1.82, 2.24) is 20.5 Å². The molecular formula is C15H19N5O. The number of hydrogen-bond acceptors (Lipinski definition) is 4. The highest BCUT2D eigenvalue weighted by molar-refractivity contribution is 5.89. The standard InChI is InChI=1S/C15H19N5O/c1-10(21)17-13-6-2-4-11(8-13)14-18-15(20-19-14)12-5-3-7-16-9-12/h2,4,6,8,12,16H,3,5,7,9H2,1H3,(H,17,21)(H,18,19,20). The van der Waals surface area contributed by atoms with E-state index < -0.39 is 0 Å². The van der Waals surface area contributed by atoms with E-state index in [0.717, 1.165) is 36.6 Å². The minimum atomic E-state index is -0.0869. The molecule has 0 spiro atoms. The Labute approximate surface area is 123 Å². The van der Waals surface area contributed by atoms with Crippen molar-refractivity contribution in [3.63, 3.8) is 0 Å². The zero-order chi connectivity index (χ0) is 14.7. The van der Waals surface area contributed by atoms with Gasteiger partial charge in [0.15, 0.2) is 5.82 Å². The summed E-state index contributed by atoms with van der Waals surface area (Å²) in [4.78, 5) is 15.7. The van der Waals surface area contributed by atoms with Gasteiger partial charge in [0.1, 0.15) is 5.82 Å². The van der Waals surface area contributed by atoms with E-state index in [1.54, 1.807) is 0 Å². The van der Waals surface area contributed by atoms with Crippen molar-refractivity contribution in [2.75, 3.05) is 18.4 Å². The van der Waals surface area contributed by atoms with Crippen molar-refractivity contribution < 1.29 is 4.79 Å². The molecule has 3 N–H and O–H groups in total. The first kappa shape index (κ1) is 13.8. The number of H-pyrrole nitrogens is 1. The molecule has 1 atom stereocenters. The lowest BCUT2D eigenvalue weighted by atomic mass is 9.99. The molecule has 1 fully saturated rings. The van der Waals surface area contributed by atoms with Gasteiger partial charge in [0.25, 0.3) is 0 Å². The predicted molar refractivity (Wildman–Crippen MR) is 81.0 cm³/mol. The first-order chi connectivity index (χ1) is 10.2. The number of nitrogens with one attached hydrogen (secondary N) is 3. The second-order valence-electron chi connectivity index (χ2n) is 5.35. The number of anilines is 1. The van der Waals surface area contributed by atoms with Gasteiger partial charge in [-0.25, -0.2) is 4.98 Å². The van der Waals surface area contributed by atoms with E-state index >= 15 is 0 Å². The van der Waals surface area contributed by atoms with Crippen LogP contribution in [0.15, 0.2) is 24.3 Å². The Bertz CT molecular complexity index is 630. The lowest BCUT2D eigenvalue weighted by Crippen LogP contribution is -2.28. The molecule has 0 saturated carbocycles. The molecule has 1 aliphatic heterocycles. The van der Waals surface area contributed by atoms with Crippen molar-refractivity contribution >= 4 is 11.6 Å². The predicted octanol–water partition coefficient (Wildman–Crippen LogP) is 1.90. The number of rotatable bonds is 3. The number of carbonyl (C=O) groups excluding carboxylic acids is 1. The van der Waals surface area contributed by atoms with Crippen LogP contribution in [0, 0.1) is 0 Å². The number of aromatic amines is 1. The Morgan fingerprint density at radius 2 is 2.33 bits per heavy atom. The molecule has 1 amide bonds. The maximum Gasteiger partial charge on any atom is 0.221 e. The molecule has 110 valence electrons. The van der Waals surface area contributed by atoms with Crippen LogP contribution < -0.4 is 10.6 Å².